The summed E-state index contributed by atoms with van der Waals surface area (Å²) < 4.78 is 12.9. The zero-order chi connectivity index (χ0) is 11.3. The van der Waals surface area contributed by atoms with E-state index < -0.39 is 0 Å². The van der Waals surface area contributed by atoms with Crippen molar-refractivity contribution in [1.82, 2.24) is 0 Å². The predicted octanol–water partition coefficient (Wildman–Crippen LogP) is 1.48. The molecule has 3 nitrogen and oxygen atoms in total. The number of nitrogens with two attached hydrogens (primary N) is 1. The minimum absolute atomic E-state index is 0.356. The Kier molecular flexibility index (Phi) is 4.07. The normalized spacial score (nSPS) is 9.73. The molecule has 1 rings (SSSR count). The second-order valence-corrected chi connectivity index (χ2v) is 3.34. The molecule has 2 N–H and O–H groups in total. The van der Waals surface area contributed by atoms with Crippen molar-refractivity contribution < 1.29 is 4.39 Å². The average Bonchev–Trinajstić information content (AvgIpc) is 2.25. The Labute approximate surface area is 88.9 Å². The van der Waals surface area contributed by atoms with Crippen LogP contribution in [0.4, 0.5) is 10.1 Å². The van der Waals surface area contributed by atoms with E-state index in [0.29, 0.717) is 12.1 Å². The van der Waals surface area contributed by atoms with Gasteiger partial charge in [0.25, 0.3) is 0 Å². The van der Waals surface area contributed by atoms with Crippen molar-refractivity contribution in [2.75, 3.05) is 25.0 Å². The molecule has 0 saturated heterocycles. The van der Waals surface area contributed by atoms with Crippen LogP contribution in [0.3, 0.4) is 0 Å². The number of anilines is 1. The van der Waals surface area contributed by atoms with Gasteiger partial charge in [0.1, 0.15) is 11.9 Å². The average molecular weight is 207 g/mol. The first kappa shape index (κ1) is 11.5. The number of nitriles is 1. The minimum atomic E-state index is -0.387. The Morgan fingerprint density at radius 2 is 2.27 bits per heavy atom. The van der Waals surface area contributed by atoms with Crippen molar-refractivity contribution >= 4 is 5.69 Å². The van der Waals surface area contributed by atoms with E-state index in [0.717, 1.165) is 18.7 Å². The van der Waals surface area contributed by atoms with E-state index in [1.54, 1.807) is 6.07 Å². The van der Waals surface area contributed by atoms with Crippen LogP contribution in [0.25, 0.3) is 0 Å². The second kappa shape index (κ2) is 5.32. The zero-order valence-corrected chi connectivity index (χ0v) is 8.70. The van der Waals surface area contributed by atoms with Gasteiger partial charge in [-0.15, -0.1) is 0 Å². The maximum atomic E-state index is 12.9. The van der Waals surface area contributed by atoms with E-state index in [4.69, 9.17) is 11.0 Å². The van der Waals surface area contributed by atoms with Gasteiger partial charge in [-0.2, -0.15) is 5.26 Å². The zero-order valence-electron chi connectivity index (χ0n) is 8.70. The van der Waals surface area contributed by atoms with Gasteiger partial charge in [0.05, 0.1) is 11.3 Å². The summed E-state index contributed by atoms with van der Waals surface area (Å²) in [5, 5.41) is 8.85. The molecule has 0 fully saturated rings. The molecule has 0 saturated carbocycles. The van der Waals surface area contributed by atoms with E-state index in [2.05, 4.69) is 0 Å². The Balaban J connectivity index is 2.89. The molecule has 0 heterocycles. The third-order valence-electron chi connectivity index (χ3n) is 2.19. The van der Waals surface area contributed by atoms with Gasteiger partial charge in [-0.25, -0.2) is 4.39 Å². The van der Waals surface area contributed by atoms with Crippen LogP contribution in [0, 0.1) is 17.1 Å². The fraction of sp³-hybridized carbons (Fsp3) is 0.364. The lowest BCUT2D eigenvalue weighted by Crippen LogP contribution is -2.21. The Hall–Kier alpha value is -1.60. The number of halogens is 1. The molecule has 1 aromatic carbocycles. The predicted molar refractivity (Wildman–Crippen MR) is 58.1 cm³/mol. The Bertz CT molecular complexity index is 371. The van der Waals surface area contributed by atoms with Crippen molar-refractivity contribution in [2.24, 2.45) is 5.73 Å². The van der Waals surface area contributed by atoms with Crippen LogP contribution in [-0.4, -0.2) is 20.1 Å². The molecule has 0 radical (unpaired) electrons. The first-order valence-electron chi connectivity index (χ1n) is 4.80. The van der Waals surface area contributed by atoms with Gasteiger partial charge in [-0.3, -0.25) is 0 Å². The summed E-state index contributed by atoms with van der Waals surface area (Å²) >= 11 is 0. The molecule has 0 atom stereocenters. The molecule has 15 heavy (non-hydrogen) atoms. The molecule has 0 aromatic heterocycles. The summed E-state index contributed by atoms with van der Waals surface area (Å²) in [5.41, 5.74) is 6.50. The Morgan fingerprint density at radius 3 is 2.87 bits per heavy atom. The molecule has 0 aliphatic heterocycles. The lowest BCUT2D eigenvalue weighted by Gasteiger charge is -2.19. The summed E-state index contributed by atoms with van der Waals surface area (Å²) in [6.45, 7) is 1.37. The molecule has 1 aromatic rings. The largest absolute Gasteiger partial charge is 0.373 e. The van der Waals surface area contributed by atoms with Crippen LogP contribution in [0.5, 0.6) is 0 Å². The highest BCUT2D eigenvalue weighted by Gasteiger charge is 2.07. The van der Waals surface area contributed by atoms with Crippen molar-refractivity contribution in [3.63, 3.8) is 0 Å². The third kappa shape index (κ3) is 2.93. The molecular formula is C11H14FN3. The van der Waals surface area contributed by atoms with Crippen LogP contribution in [0.15, 0.2) is 18.2 Å². The number of hydrogen-bond donors (Lipinski definition) is 1. The van der Waals surface area contributed by atoms with E-state index >= 15 is 0 Å². The van der Waals surface area contributed by atoms with Crippen molar-refractivity contribution in [2.45, 2.75) is 6.42 Å². The molecule has 0 aliphatic rings. The minimum Gasteiger partial charge on any atom is -0.373 e. The monoisotopic (exact) mass is 207 g/mol. The fourth-order valence-electron chi connectivity index (χ4n) is 1.38. The SMILES string of the molecule is CN(CCCN)c1ccc(F)cc1C#N. The quantitative estimate of drug-likeness (QED) is 0.813. The summed E-state index contributed by atoms with van der Waals surface area (Å²) in [7, 11) is 1.86. The second-order valence-electron chi connectivity index (χ2n) is 3.34. The molecule has 0 unspecified atom stereocenters. The van der Waals surface area contributed by atoms with Crippen molar-refractivity contribution in [3.8, 4) is 6.07 Å². The maximum absolute atomic E-state index is 12.9. The topological polar surface area (TPSA) is 53.0 Å². The smallest absolute Gasteiger partial charge is 0.124 e. The van der Waals surface area contributed by atoms with E-state index in [-0.39, 0.29) is 5.82 Å². The van der Waals surface area contributed by atoms with Crippen molar-refractivity contribution in [1.29, 1.82) is 5.26 Å². The molecule has 0 amide bonds. The number of nitrogens with zero attached hydrogens (tertiary/aromatic N) is 2. The van der Waals surface area contributed by atoms with Gasteiger partial charge in [-0.05, 0) is 31.2 Å². The molecule has 80 valence electrons. The summed E-state index contributed by atoms with van der Waals surface area (Å²) in [6, 6.07) is 6.20. The van der Waals surface area contributed by atoms with Gasteiger partial charge in [0.15, 0.2) is 0 Å². The fourth-order valence-corrected chi connectivity index (χ4v) is 1.38. The van der Waals surface area contributed by atoms with Crippen LogP contribution in [-0.2, 0) is 0 Å². The van der Waals surface area contributed by atoms with Gasteiger partial charge in [0.2, 0.25) is 0 Å². The highest BCUT2D eigenvalue weighted by molar-refractivity contribution is 5.58. The summed E-state index contributed by atoms with van der Waals surface area (Å²) in [4.78, 5) is 1.91. The van der Waals surface area contributed by atoms with Crippen molar-refractivity contribution in [3.05, 3.63) is 29.6 Å². The highest BCUT2D eigenvalue weighted by Crippen LogP contribution is 2.19. The maximum Gasteiger partial charge on any atom is 0.124 e. The van der Waals surface area contributed by atoms with Gasteiger partial charge in [0, 0.05) is 13.6 Å². The first-order chi connectivity index (χ1) is 7.19. The highest BCUT2D eigenvalue weighted by atomic mass is 19.1. The molecular weight excluding hydrogens is 193 g/mol. The number of rotatable bonds is 4. The molecule has 0 aliphatic carbocycles. The van der Waals surface area contributed by atoms with Gasteiger partial charge >= 0.3 is 0 Å². The standard InChI is InChI=1S/C11H14FN3/c1-15(6-2-5-13)11-4-3-10(12)7-9(11)8-14/h3-4,7H,2,5-6,13H2,1H3. The summed E-state index contributed by atoms with van der Waals surface area (Å²) in [5.74, 6) is -0.387. The van der Waals surface area contributed by atoms with Crippen LogP contribution >= 0.6 is 0 Å². The van der Waals surface area contributed by atoms with Gasteiger partial charge in [-0.1, -0.05) is 0 Å². The number of benzene rings is 1. The van der Waals surface area contributed by atoms with Crippen LogP contribution < -0.4 is 10.6 Å². The first-order valence-corrected chi connectivity index (χ1v) is 4.80. The lowest BCUT2D eigenvalue weighted by molar-refractivity contribution is 0.627. The van der Waals surface area contributed by atoms with E-state index in [1.807, 2.05) is 18.0 Å². The van der Waals surface area contributed by atoms with Crippen LogP contribution in [0.1, 0.15) is 12.0 Å². The number of hydrogen-bond acceptors (Lipinski definition) is 3. The third-order valence-corrected chi connectivity index (χ3v) is 2.19. The Morgan fingerprint density at radius 1 is 1.53 bits per heavy atom. The van der Waals surface area contributed by atoms with Crippen LogP contribution in [0.2, 0.25) is 0 Å². The molecule has 0 spiro atoms. The van der Waals surface area contributed by atoms with E-state index in [9.17, 15) is 4.39 Å². The van der Waals surface area contributed by atoms with E-state index in [1.165, 1.54) is 12.1 Å². The summed E-state index contributed by atoms with van der Waals surface area (Å²) in [6.07, 6.45) is 0.846. The lowest BCUT2D eigenvalue weighted by atomic mass is 10.1. The molecule has 0 bridgehead atoms. The molecule has 4 heteroatoms. The van der Waals surface area contributed by atoms with Gasteiger partial charge < -0.3 is 10.6 Å².